The topological polar surface area (TPSA) is 3.24 Å². The van der Waals surface area contributed by atoms with Gasteiger partial charge in [0.1, 0.15) is 0 Å². The molecule has 2 aromatic carbocycles. The van der Waals surface area contributed by atoms with E-state index in [1.54, 1.807) is 0 Å². The van der Waals surface area contributed by atoms with E-state index in [1.807, 2.05) is 0 Å². The molecule has 0 spiro atoms. The van der Waals surface area contributed by atoms with Gasteiger partial charge in [0.15, 0.2) is 0 Å². The monoisotopic (exact) mass is 415 g/mol. The van der Waals surface area contributed by atoms with Crippen molar-refractivity contribution in [3.63, 3.8) is 0 Å². The summed E-state index contributed by atoms with van der Waals surface area (Å²) in [7, 11) is 0. The quantitative estimate of drug-likeness (QED) is 0.648. The van der Waals surface area contributed by atoms with Gasteiger partial charge < -0.3 is 0 Å². The summed E-state index contributed by atoms with van der Waals surface area (Å²) in [6.07, 6.45) is 0. The second-order valence-corrected chi connectivity index (χ2v) is 6.65. The molecule has 0 bridgehead atoms. The van der Waals surface area contributed by atoms with Gasteiger partial charge in [0.05, 0.1) is 0 Å². The van der Waals surface area contributed by atoms with Gasteiger partial charge in [-0.05, 0) is 0 Å². The minimum atomic E-state index is 0.900. The SMILES string of the molecule is C[C](=[W])N1Cc2ccccc2C#Cc2ccccc21. The molecular formula is C17H13NW. The van der Waals surface area contributed by atoms with Crippen LogP contribution in [0.1, 0.15) is 23.6 Å². The van der Waals surface area contributed by atoms with Crippen LogP contribution in [0.4, 0.5) is 5.69 Å². The molecule has 1 aliphatic rings. The van der Waals surface area contributed by atoms with Crippen LogP contribution in [0.5, 0.6) is 0 Å². The fraction of sp³-hybridized carbons (Fsp3) is 0.118. The summed E-state index contributed by atoms with van der Waals surface area (Å²) in [5.74, 6) is 6.61. The van der Waals surface area contributed by atoms with E-state index >= 15 is 0 Å². The van der Waals surface area contributed by atoms with Crippen LogP contribution in [0.2, 0.25) is 0 Å². The van der Waals surface area contributed by atoms with Crippen LogP contribution in [-0.2, 0) is 25.9 Å². The molecule has 0 saturated carbocycles. The van der Waals surface area contributed by atoms with Gasteiger partial charge in [0.2, 0.25) is 0 Å². The van der Waals surface area contributed by atoms with E-state index < -0.39 is 0 Å². The Hall–Kier alpha value is -1.64. The first-order valence-corrected chi connectivity index (χ1v) is 7.69. The molecule has 3 rings (SSSR count). The Morgan fingerprint density at radius 3 is 2.42 bits per heavy atom. The van der Waals surface area contributed by atoms with Crippen molar-refractivity contribution in [3.05, 3.63) is 65.2 Å². The Morgan fingerprint density at radius 1 is 1.00 bits per heavy atom. The zero-order valence-electron chi connectivity index (χ0n) is 10.7. The average Bonchev–Trinajstić information content (AvgIpc) is 2.41. The van der Waals surface area contributed by atoms with Crippen molar-refractivity contribution in [2.24, 2.45) is 0 Å². The summed E-state index contributed by atoms with van der Waals surface area (Å²) < 4.78 is 1.37. The van der Waals surface area contributed by atoms with Crippen LogP contribution in [0.3, 0.4) is 0 Å². The number of para-hydroxylation sites is 1. The van der Waals surface area contributed by atoms with E-state index in [0.29, 0.717) is 0 Å². The van der Waals surface area contributed by atoms with Crippen molar-refractivity contribution in [2.45, 2.75) is 13.5 Å². The molecule has 0 radical (unpaired) electrons. The number of hydrogen-bond donors (Lipinski definition) is 0. The molecule has 19 heavy (non-hydrogen) atoms. The van der Waals surface area contributed by atoms with Crippen molar-refractivity contribution >= 4 is 9.71 Å². The molecule has 2 aromatic rings. The van der Waals surface area contributed by atoms with E-state index in [2.05, 4.69) is 72.2 Å². The summed E-state index contributed by atoms with van der Waals surface area (Å²) in [4.78, 5) is 2.37. The zero-order valence-corrected chi connectivity index (χ0v) is 13.6. The fourth-order valence-corrected chi connectivity index (χ4v) is 2.85. The molecule has 1 aliphatic heterocycles. The summed E-state index contributed by atoms with van der Waals surface area (Å²) in [6, 6.07) is 16.8. The molecular weight excluding hydrogens is 402 g/mol. The summed E-state index contributed by atoms with van der Waals surface area (Å²) in [6.45, 7) is 3.08. The third-order valence-corrected chi connectivity index (χ3v) is 4.04. The Labute approximate surface area is 124 Å². The van der Waals surface area contributed by atoms with Gasteiger partial charge in [0.25, 0.3) is 0 Å². The predicted octanol–water partition coefficient (Wildman–Crippen LogP) is 3.10. The van der Waals surface area contributed by atoms with Crippen molar-refractivity contribution < 1.29 is 19.4 Å². The predicted molar refractivity (Wildman–Crippen MR) is 75.7 cm³/mol. The standard InChI is InChI=1S/C17H13N.W/c1-2-18-13-16-9-4-3-7-14(16)11-12-15-8-5-6-10-17(15)18;/h3-10H,13H2,1H3;. The summed E-state index contributed by atoms with van der Waals surface area (Å²) in [5, 5.41) is 0. The Morgan fingerprint density at radius 2 is 1.63 bits per heavy atom. The molecule has 0 saturated heterocycles. The van der Waals surface area contributed by atoms with Gasteiger partial charge in [-0.1, -0.05) is 0 Å². The molecule has 0 unspecified atom stereocenters. The summed E-state index contributed by atoms with van der Waals surface area (Å²) >= 11 is 1.50. The van der Waals surface area contributed by atoms with Gasteiger partial charge >= 0.3 is 124 Å². The van der Waals surface area contributed by atoms with Gasteiger partial charge in [0, 0.05) is 0 Å². The summed E-state index contributed by atoms with van der Waals surface area (Å²) in [5.41, 5.74) is 4.76. The molecule has 0 aromatic heterocycles. The molecule has 0 aliphatic carbocycles. The normalized spacial score (nSPS) is 12.4. The Kier molecular flexibility index (Phi) is 3.36. The number of benzene rings is 2. The van der Waals surface area contributed by atoms with E-state index in [4.69, 9.17) is 0 Å². The molecule has 0 N–H and O–H groups in total. The van der Waals surface area contributed by atoms with Crippen LogP contribution >= 0.6 is 0 Å². The van der Waals surface area contributed by atoms with Crippen LogP contribution in [0, 0.1) is 11.8 Å². The molecule has 0 amide bonds. The number of anilines is 1. The first kappa shape index (κ1) is 12.4. The molecule has 92 valence electrons. The van der Waals surface area contributed by atoms with E-state index in [-0.39, 0.29) is 0 Å². The second-order valence-electron chi connectivity index (χ2n) is 4.53. The first-order chi connectivity index (χ1) is 9.25. The maximum absolute atomic E-state index is 3.31. The molecule has 1 nitrogen and oxygen atoms in total. The van der Waals surface area contributed by atoms with Gasteiger partial charge in [-0.3, -0.25) is 0 Å². The van der Waals surface area contributed by atoms with Crippen LogP contribution < -0.4 is 4.90 Å². The first-order valence-electron chi connectivity index (χ1n) is 6.23. The fourth-order valence-electron chi connectivity index (χ4n) is 2.27. The van der Waals surface area contributed by atoms with Crippen molar-refractivity contribution in [1.29, 1.82) is 0 Å². The third kappa shape index (κ3) is 2.42. The molecule has 2 heteroatoms. The molecule has 1 heterocycles. The van der Waals surface area contributed by atoms with Gasteiger partial charge in [-0.15, -0.1) is 0 Å². The number of fused-ring (bicyclic) bond motifs is 2. The Bertz CT molecular complexity index is 706. The van der Waals surface area contributed by atoms with Crippen LogP contribution in [-0.4, -0.2) is 4.02 Å². The second kappa shape index (κ2) is 5.16. The molecule has 0 atom stereocenters. The van der Waals surface area contributed by atoms with E-state index in [0.717, 1.165) is 17.7 Å². The van der Waals surface area contributed by atoms with Crippen LogP contribution in [0.25, 0.3) is 0 Å². The van der Waals surface area contributed by atoms with Crippen LogP contribution in [0.15, 0.2) is 48.5 Å². The van der Waals surface area contributed by atoms with Crippen molar-refractivity contribution in [3.8, 4) is 11.8 Å². The van der Waals surface area contributed by atoms with Gasteiger partial charge in [-0.2, -0.15) is 0 Å². The zero-order chi connectivity index (χ0) is 13.2. The third-order valence-electron chi connectivity index (χ3n) is 3.25. The number of nitrogens with zero attached hydrogens (tertiary/aromatic N) is 1. The maximum atomic E-state index is 3.31. The Balaban J connectivity index is 2.23. The van der Waals surface area contributed by atoms with E-state index in [9.17, 15) is 0 Å². The van der Waals surface area contributed by atoms with Crippen molar-refractivity contribution in [2.75, 3.05) is 4.90 Å². The molecule has 0 fully saturated rings. The number of rotatable bonds is 1. The van der Waals surface area contributed by atoms with E-state index in [1.165, 1.54) is 34.6 Å². The minimum absolute atomic E-state index is 0.900. The van der Waals surface area contributed by atoms with Crippen molar-refractivity contribution in [1.82, 2.24) is 0 Å². The number of hydrogen-bond acceptors (Lipinski definition) is 1. The average molecular weight is 415 g/mol. The van der Waals surface area contributed by atoms with Gasteiger partial charge in [-0.25, -0.2) is 0 Å².